The van der Waals surface area contributed by atoms with Crippen molar-refractivity contribution in [3.63, 3.8) is 0 Å². The van der Waals surface area contributed by atoms with Crippen LogP contribution in [-0.2, 0) is 27.8 Å². The molecule has 0 aliphatic heterocycles. The van der Waals surface area contributed by atoms with Crippen LogP contribution < -0.4 is 0 Å². The van der Waals surface area contributed by atoms with Gasteiger partial charge in [0.25, 0.3) is 0 Å². The average molecular weight is 344 g/mol. The predicted molar refractivity (Wildman–Crippen MR) is 55.2 cm³/mol. The number of carbonyl (C=O) groups excluding carboxylic acids is 2. The van der Waals surface area contributed by atoms with E-state index in [9.17, 15) is 18.7 Å². The summed E-state index contributed by atoms with van der Waals surface area (Å²) in [6, 6.07) is 0. The maximum absolute atomic E-state index is 10.5. The summed E-state index contributed by atoms with van der Waals surface area (Å²) in [5.74, 6) is -3.33. The van der Waals surface area contributed by atoms with E-state index >= 15 is 0 Å². The van der Waals surface area contributed by atoms with Crippen LogP contribution in [0.25, 0.3) is 0 Å². The zero-order chi connectivity index (χ0) is 12.3. The molecule has 14 heteroatoms. The van der Waals surface area contributed by atoms with Crippen LogP contribution in [0.4, 0.5) is 0 Å². The van der Waals surface area contributed by atoms with Crippen LogP contribution in [0.2, 0.25) is 0 Å². The van der Waals surface area contributed by atoms with Gasteiger partial charge in [0.05, 0.1) is 0 Å². The number of carbonyl (C=O) groups is 2. The summed E-state index contributed by atoms with van der Waals surface area (Å²) in [5.41, 5.74) is 0. The monoisotopic (exact) mass is 344 g/mol. The fraction of sp³-hybridized carbons (Fsp3) is 0.333. The number of phosphoric ester groups is 2. The van der Waals surface area contributed by atoms with Gasteiger partial charge in [0.15, 0.2) is 0 Å². The van der Waals surface area contributed by atoms with Crippen molar-refractivity contribution < 1.29 is 47.3 Å². The van der Waals surface area contributed by atoms with Crippen molar-refractivity contribution in [2.45, 2.75) is 6.42 Å². The van der Waals surface area contributed by atoms with Gasteiger partial charge in [-0.15, -0.1) is 0 Å². The fourth-order valence-corrected chi connectivity index (χ4v) is 1.11. The first-order valence-corrected chi connectivity index (χ1v) is 6.11. The molecule has 0 saturated heterocycles. The Kier molecular flexibility index (Phi) is 14.8. The molecule has 0 spiro atoms. The van der Waals surface area contributed by atoms with Crippen LogP contribution in [0.1, 0.15) is 6.42 Å². The molecule has 0 aliphatic rings. The molecule has 0 rings (SSSR count). The Hall–Kier alpha value is 2.51. The number of hydrogen-bond donors (Lipinski definition) is 4. The molecule has 10 nitrogen and oxygen atoms in total. The van der Waals surface area contributed by atoms with Crippen LogP contribution in [0.15, 0.2) is 0 Å². The molecule has 0 fully saturated rings. The number of rotatable bonds is 4. The molecule has 0 aromatic carbocycles. The van der Waals surface area contributed by atoms with Gasteiger partial charge >= 0.3 is 130 Å². The molecule has 92 valence electrons. The van der Waals surface area contributed by atoms with E-state index in [1.807, 2.05) is 0 Å². The predicted octanol–water partition coefficient (Wildman–Crippen LogP) is -2.65. The number of hydrogen-bond acceptors (Lipinski definition) is 6. The summed E-state index contributed by atoms with van der Waals surface area (Å²) in [6.45, 7) is 0. The third-order valence-corrected chi connectivity index (χ3v) is 1.61. The average Bonchev–Trinajstić information content (AvgIpc) is 1.73. The molecule has 0 heterocycles. The molecule has 0 aliphatic carbocycles. The van der Waals surface area contributed by atoms with E-state index in [2.05, 4.69) is 9.05 Å². The zero-order valence-electron chi connectivity index (χ0n) is 6.84. The normalized spacial score (nSPS) is 10.6. The Balaban J connectivity index is -0.000000980. The molecule has 4 N–H and O–H groups in total. The van der Waals surface area contributed by atoms with Crippen molar-refractivity contribution in [1.29, 1.82) is 0 Å². The molecule has 0 aromatic rings. The molecule has 0 amide bonds. The summed E-state index contributed by atoms with van der Waals surface area (Å²) < 4.78 is 26.9. The third kappa shape index (κ3) is 18.5. The van der Waals surface area contributed by atoms with Crippen molar-refractivity contribution in [2.24, 2.45) is 0 Å². The summed E-state index contributed by atoms with van der Waals surface area (Å²) in [6.07, 6.45) is -1.32. The molecular formula is C3H8K2O10P2. The standard InChI is InChI=1S/C3H6O10P2.2K.2H/c4-2(12-14(6,7)8)1-3(5)13-15(9,10)11;;;;/h1H2,(H2,6,7,8)(H2,9,10,11);;;;. The molecule has 0 saturated carbocycles. The van der Waals surface area contributed by atoms with Crippen molar-refractivity contribution in [3.05, 3.63) is 0 Å². The van der Waals surface area contributed by atoms with E-state index in [0.29, 0.717) is 0 Å². The topological polar surface area (TPSA) is 168 Å². The van der Waals surface area contributed by atoms with Crippen molar-refractivity contribution in [1.82, 2.24) is 0 Å². The van der Waals surface area contributed by atoms with E-state index in [0.717, 1.165) is 0 Å². The van der Waals surface area contributed by atoms with Gasteiger partial charge in [-0.05, 0) is 0 Å². The minimum absolute atomic E-state index is 0. The zero-order valence-corrected chi connectivity index (χ0v) is 8.63. The summed E-state index contributed by atoms with van der Waals surface area (Å²) in [4.78, 5) is 53.4. The summed E-state index contributed by atoms with van der Waals surface area (Å²) in [7, 11) is -10.2. The summed E-state index contributed by atoms with van der Waals surface area (Å²) in [5, 5.41) is 0. The van der Waals surface area contributed by atoms with Crippen molar-refractivity contribution in [3.8, 4) is 0 Å². The summed E-state index contributed by atoms with van der Waals surface area (Å²) >= 11 is 0. The first-order chi connectivity index (χ1) is 6.49. The van der Waals surface area contributed by atoms with Crippen molar-refractivity contribution in [2.75, 3.05) is 0 Å². The Morgan fingerprint density at radius 3 is 1.24 bits per heavy atom. The van der Waals surface area contributed by atoms with Crippen LogP contribution >= 0.6 is 15.6 Å². The van der Waals surface area contributed by atoms with Crippen LogP contribution in [0.5, 0.6) is 0 Å². The minimum atomic E-state index is -5.08. The SMILES string of the molecule is O=C(CC(=O)OP(=O)(O)O)OP(=O)(O)O.[KH].[KH]. The number of phosphoric acid groups is 2. The first kappa shape index (κ1) is 24.5. The molecule has 0 atom stereocenters. The Labute approximate surface area is 180 Å². The molecule has 0 radical (unpaired) electrons. The van der Waals surface area contributed by atoms with Gasteiger partial charge in [-0.3, -0.25) is 29.2 Å². The Morgan fingerprint density at radius 1 is 0.824 bits per heavy atom. The van der Waals surface area contributed by atoms with Gasteiger partial charge in [0.2, 0.25) is 0 Å². The molecule has 0 aromatic heterocycles. The van der Waals surface area contributed by atoms with Crippen LogP contribution in [-0.4, -0.2) is 134 Å². The van der Waals surface area contributed by atoms with Crippen molar-refractivity contribution >= 4 is 130 Å². The Bertz CT molecular complexity index is 321. The van der Waals surface area contributed by atoms with Gasteiger partial charge in [-0.1, -0.05) is 0 Å². The van der Waals surface area contributed by atoms with Crippen LogP contribution in [0.3, 0.4) is 0 Å². The van der Waals surface area contributed by atoms with Gasteiger partial charge in [0.1, 0.15) is 6.42 Å². The van der Waals surface area contributed by atoms with E-state index in [4.69, 9.17) is 19.6 Å². The first-order valence-electron chi connectivity index (χ1n) is 3.05. The Morgan fingerprint density at radius 2 is 1.06 bits per heavy atom. The molecular weight excluding hydrogens is 336 g/mol. The molecule has 0 bridgehead atoms. The second kappa shape index (κ2) is 10.3. The van der Waals surface area contributed by atoms with Crippen LogP contribution in [0, 0.1) is 0 Å². The second-order valence-corrected chi connectivity index (χ2v) is 4.41. The maximum atomic E-state index is 10.5. The van der Waals surface area contributed by atoms with Gasteiger partial charge in [-0.25, -0.2) is 9.13 Å². The quantitative estimate of drug-likeness (QED) is 0.240. The van der Waals surface area contributed by atoms with Gasteiger partial charge < -0.3 is 9.05 Å². The van der Waals surface area contributed by atoms with Gasteiger partial charge in [0, 0.05) is 0 Å². The second-order valence-electron chi connectivity index (χ2n) is 2.08. The van der Waals surface area contributed by atoms with E-state index < -0.39 is 34.0 Å². The fourth-order valence-electron chi connectivity index (χ4n) is 0.448. The van der Waals surface area contributed by atoms with Gasteiger partial charge in [-0.2, -0.15) is 0 Å². The molecule has 0 unspecified atom stereocenters. The van der Waals surface area contributed by atoms with E-state index in [-0.39, 0.29) is 103 Å². The van der Waals surface area contributed by atoms with E-state index in [1.54, 1.807) is 0 Å². The van der Waals surface area contributed by atoms with E-state index in [1.165, 1.54) is 0 Å². The third-order valence-electron chi connectivity index (χ3n) is 0.730. The molecule has 17 heavy (non-hydrogen) atoms.